The van der Waals surface area contributed by atoms with Crippen LogP contribution in [0.4, 0.5) is 5.82 Å². The van der Waals surface area contributed by atoms with Crippen LogP contribution in [0.5, 0.6) is 0 Å². The molecule has 2 heterocycles. The van der Waals surface area contributed by atoms with Gasteiger partial charge in [0.25, 0.3) is 5.56 Å². The first-order valence-corrected chi connectivity index (χ1v) is 9.03. The van der Waals surface area contributed by atoms with Gasteiger partial charge in [0, 0.05) is 17.3 Å². The minimum atomic E-state index is -0.0207. The van der Waals surface area contributed by atoms with Crippen molar-refractivity contribution in [1.29, 1.82) is 0 Å². The van der Waals surface area contributed by atoms with Gasteiger partial charge in [-0.1, -0.05) is 36.4 Å². The first-order chi connectivity index (χ1) is 12.7. The first kappa shape index (κ1) is 16.6. The molecule has 4 rings (SSSR count). The Balaban J connectivity index is 1.44. The number of anilines is 1. The van der Waals surface area contributed by atoms with Gasteiger partial charge in [0.05, 0.1) is 0 Å². The maximum absolute atomic E-state index is 12.8. The third kappa shape index (κ3) is 3.41. The van der Waals surface area contributed by atoms with Gasteiger partial charge in [-0.25, -0.2) is 9.67 Å². The van der Waals surface area contributed by atoms with Gasteiger partial charge in [-0.05, 0) is 49.9 Å². The van der Waals surface area contributed by atoms with E-state index in [0.29, 0.717) is 17.7 Å². The highest BCUT2D eigenvalue weighted by Crippen LogP contribution is 2.18. The Morgan fingerprint density at radius 1 is 1.19 bits per heavy atom. The number of nitrogens with one attached hydrogen (secondary N) is 2. The summed E-state index contributed by atoms with van der Waals surface area (Å²) in [5, 5.41) is 6.80. The number of aromatic amines is 1. The number of nitrogen functional groups attached to an aromatic ring is 1. The zero-order valence-corrected chi connectivity index (χ0v) is 14.6. The molecule has 0 radical (unpaired) electrons. The number of rotatable bonds is 5. The SMILES string of the molecule is Nc1cccc(-n2[nH]c3c(c2=O)CC(NCCc2ccccc2)CC3)n1. The van der Waals surface area contributed by atoms with Gasteiger partial charge in [-0.2, -0.15) is 0 Å². The molecule has 0 saturated carbocycles. The van der Waals surface area contributed by atoms with Crippen LogP contribution < -0.4 is 16.6 Å². The predicted molar refractivity (Wildman–Crippen MR) is 103 cm³/mol. The van der Waals surface area contributed by atoms with Crippen LogP contribution in [-0.4, -0.2) is 27.4 Å². The smallest absolute Gasteiger partial charge is 0.276 e. The highest BCUT2D eigenvalue weighted by molar-refractivity contribution is 5.36. The fourth-order valence-corrected chi connectivity index (χ4v) is 3.57. The standard InChI is InChI=1S/C20H23N5O/c21-18-7-4-8-19(23-18)25-20(26)16-13-15(9-10-17(16)24-25)22-12-11-14-5-2-1-3-6-14/h1-8,15,22,24H,9-13H2,(H2,21,23). The number of nitrogens with two attached hydrogens (primary N) is 1. The van der Waals surface area contributed by atoms with E-state index >= 15 is 0 Å². The number of aryl methyl sites for hydroxylation is 1. The summed E-state index contributed by atoms with van der Waals surface area (Å²) < 4.78 is 1.51. The molecule has 1 aliphatic rings. The van der Waals surface area contributed by atoms with Gasteiger partial charge in [0.2, 0.25) is 0 Å². The highest BCUT2D eigenvalue weighted by atomic mass is 16.1. The van der Waals surface area contributed by atoms with E-state index in [9.17, 15) is 4.79 Å². The third-order valence-electron chi connectivity index (χ3n) is 4.94. The maximum Gasteiger partial charge on any atom is 0.276 e. The molecule has 0 bridgehead atoms. The van der Waals surface area contributed by atoms with Crippen molar-refractivity contribution in [1.82, 2.24) is 20.1 Å². The topological polar surface area (TPSA) is 88.7 Å². The summed E-state index contributed by atoms with van der Waals surface area (Å²) in [6.45, 7) is 0.916. The summed E-state index contributed by atoms with van der Waals surface area (Å²) in [6.07, 6.45) is 3.62. The molecule has 2 aromatic heterocycles. The molecule has 134 valence electrons. The minimum absolute atomic E-state index is 0.0207. The van der Waals surface area contributed by atoms with Crippen LogP contribution >= 0.6 is 0 Å². The summed E-state index contributed by atoms with van der Waals surface area (Å²) in [7, 11) is 0. The highest BCUT2D eigenvalue weighted by Gasteiger charge is 2.24. The van der Waals surface area contributed by atoms with Crippen molar-refractivity contribution in [2.75, 3.05) is 12.3 Å². The van der Waals surface area contributed by atoms with Crippen LogP contribution in [0, 0.1) is 0 Å². The number of fused-ring (bicyclic) bond motifs is 1. The zero-order valence-electron chi connectivity index (χ0n) is 14.6. The molecule has 1 atom stereocenters. The quantitative estimate of drug-likeness (QED) is 0.656. The average molecular weight is 349 g/mol. The molecule has 0 spiro atoms. The van der Waals surface area contributed by atoms with Gasteiger partial charge in [-0.15, -0.1) is 0 Å². The van der Waals surface area contributed by atoms with Crippen molar-refractivity contribution in [2.24, 2.45) is 0 Å². The molecule has 0 amide bonds. The second-order valence-electron chi connectivity index (χ2n) is 6.76. The Bertz CT molecular complexity index is 944. The number of H-pyrrole nitrogens is 1. The van der Waals surface area contributed by atoms with E-state index in [1.165, 1.54) is 10.2 Å². The summed E-state index contributed by atoms with van der Waals surface area (Å²) in [4.78, 5) is 17.0. The molecule has 0 fully saturated rings. The second kappa shape index (κ2) is 7.17. The molecule has 6 nitrogen and oxygen atoms in total. The summed E-state index contributed by atoms with van der Waals surface area (Å²) >= 11 is 0. The normalized spacial score (nSPS) is 16.4. The molecule has 0 saturated heterocycles. The van der Waals surface area contributed by atoms with Crippen LogP contribution in [0.1, 0.15) is 23.2 Å². The molecule has 3 aromatic rings. The third-order valence-corrected chi connectivity index (χ3v) is 4.94. The van der Waals surface area contributed by atoms with Crippen molar-refractivity contribution in [3.05, 3.63) is 75.7 Å². The van der Waals surface area contributed by atoms with Crippen molar-refractivity contribution < 1.29 is 0 Å². The van der Waals surface area contributed by atoms with Crippen LogP contribution in [-0.2, 0) is 19.3 Å². The van der Waals surface area contributed by atoms with E-state index in [1.807, 2.05) is 6.07 Å². The van der Waals surface area contributed by atoms with E-state index in [1.54, 1.807) is 18.2 Å². The van der Waals surface area contributed by atoms with E-state index in [0.717, 1.165) is 43.5 Å². The Labute approximate surface area is 152 Å². The second-order valence-corrected chi connectivity index (χ2v) is 6.76. The lowest BCUT2D eigenvalue weighted by Crippen LogP contribution is -2.37. The van der Waals surface area contributed by atoms with Crippen molar-refractivity contribution in [2.45, 2.75) is 31.7 Å². The molecule has 6 heteroatoms. The van der Waals surface area contributed by atoms with E-state index < -0.39 is 0 Å². The number of benzene rings is 1. The van der Waals surface area contributed by atoms with Crippen molar-refractivity contribution in [3.63, 3.8) is 0 Å². The van der Waals surface area contributed by atoms with Gasteiger partial charge in [0.15, 0.2) is 5.82 Å². The molecular weight excluding hydrogens is 326 g/mol. The molecular formula is C20H23N5O. The Morgan fingerprint density at radius 3 is 2.85 bits per heavy atom. The molecule has 1 unspecified atom stereocenters. The number of hydrogen-bond donors (Lipinski definition) is 3. The van der Waals surface area contributed by atoms with Crippen LogP contribution in [0.3, 0.4) is 0 Å². The van der Waals surface area contributed by atoms with Crippen LogP contribution in [0.25, 0.3) is 5.82 Å². The summed E-state index contributed by atoms with van der Waals surface area (Å²) in [6, 6.07) is 16.1. The van der Waals surface area contributed by atoms with Crippen molar-refractivity contribution in [3.8, 4) is 5.82 Å². The zero-order chi connectivity index (χ0) is 17.9. The summed E-state index contributed by atoms with van der Waals surface area (Å²) in [5.74, 6) is 0.945. The molecule has 26 heavy (non-hydrogen) atoms. The number of pyridine rings is 1. The van der Waals surface area contributed by atoms with Crippen LogP contribution in [0.15, 0.2) is 53.3 Å². The maximum atomic E-state index is 12.8. The van der Waals surface area contributed by atoms with Gasteiger partial charge in [-0.3, -0.25) is 9.89 Å². The van der Waals surface area contributed by atoms with Gasteiger partial charge >= 0.3 is 0 Å². The van der Waals surface area contributed by atoms with E-state index in [4.69, 9.17) is 5.73 Å². The monoisotopic (exact) mass is 349 g/mol. The number of hydrogen-bond acceptors (Lipinski definition) is 4. The Morgan fingerprint density at radius 2 is 2.04 bits per heavy atom. The minimum Gasteiger partial charge on any atom is -0.384 e. The lowest BCUT2D eigenvalue weighted by molar-refractivity contribution is 0.458. The van der Waals surface area contributed by atoms with Crippen LogP contribution in [0.2, 0.25) is 0 Å². The Kier molecular flexibility index (Phi) is 4.58. The summed E-state index contributed by atoms with van der Waals surface area (Å²) in [5.41, 5.74) is 8.92. The number of nitrogens with zero attached hydrogens (tertiary/aromatic N) is 2. The molecule has 0 aliphatic heterocycles. The fraction of sp³-hybridized carbons (Fsp3) is 0.300. The van der Waals surface area contributed by atoms with Crippen molar-refractivity contribution >= 4 is 5.82 Å². The lowest BCUT2D eigenvalue weighted by Gasteiger charge is -2.22. The fourth-order valence-electron chi connectivity index (χ4n) is 3.57. The van der Waals surface area contributed by atoms with Gasteiger partial charge < -0.3 is 11.1 Å². The number of aromatic nitrogens is 3. The van der Waals surface area contributed by atoms with E-state index in [-0.39, 0.29) is 5.56 Å². The lowest BCUT2D eigenvalue weighted by atomic mass is 9.93. The largest absolute Gasteiger partial charge is 0.384 e. The molecule has 1 aliphatic carbocycles. The van der Waals surface area contributed by atoms with Gasteiger partial charge in [0.1, 0.15) is 5.82 Å². The Hall–Kier alpha value is -2.86. The first-order valence-electron chi connectivity index (χ1n) is 9.03. The van der Waals surface area contributed by atoms with E-state index in [2.05, 4.69) is 39.7 Å². The molecule has 4 N–H and O–H groups in total. The average Bonchev–Trinajstić information content (AvgIpc) is 2.99. The molecule has 1 aromatic carbocycles. The predicted octanol–water partition coefficient (Wildman–Crippen LogP) is 1.83.